The van der Waals surface area contributed by atoms with Gasteiger partial charge in [-0.2, -0.15) is 0 Å². The van der Waals surface area contributed by atoms with E-state index >= 15 is 0 Å². The second kappa shape index (κ2) is 4.85. The van der Waals surface area contributed by atoms with Crippen LogP contribution in [0.1, 0.15) is 11.3 Å². The molecule has 0 saturated heterocycles. The lowest BCUT2D eigenvalue weighted by molar-refractivity contribution is 1.07. The van der Waals surface area contributed by atoms with Gasteiger partial charge in [0, 0.05) is 16.5 Å². The smallest absolute Gasteiger partial charge is 0.145 e. The molecule has 0 radical (unpaired) electrons. The highest BCUT2D eigenvalue weighted by molar-refractivity contribution is 5.96. The SMILES string of the molecule is C=Cc1c(C)c2cc3ccccc3nc2n1-c1ccccc1. The lowest BCUT2D eigenvalue weighted by atomic mass is 10.1. The average molecular weight is 284 g/mol. The maximum atomic E-state index is 4.90. The number of fused-ring (bicyclic) bond motifs is 2. The molecular formula is C20H16N2. The van der Waals surface area contributed by atoms with Gasteiger partial charge in [0.25, 0.3) is 0 Å². The first-order valence-corrected chi connectivity index (χ1v) is 7.38. The van der Waals surface area contributed by atoms with Crippen molar-refractivity contribution in [2.24, 2.45) is 0 Å². The van der Waals surface area contributed by atoms with Gasteiger partial charge in [-0.1, -0.05) is 43.0 Å². The van der Waals surface area contributed by atoms with Crippen LogP contribution in [-0.2, 0) is 0 Å². The highest BCUT2D eigenvalue weighted by Gasteiger charge is 2.15. The van der Waals surface area contributed by atoms with Crippen LogP contribution in [0.3, 0.4) is 0 Å². The Hall–Kier alpha value is -2.87. The van der Waals surface area contributed by atoms with Crippen molar-refractivity contribution >= 4 is 28.0 Å². The predicted octanol–water partition coefficient (Wildman–Crippen LogP) is 5.13. The monoisotopic (exact) mass is 284 g/mol. The molecule has 4 rings (SSSR count). The molecule has 2 heteroatoms. The van der Waals surface area contributed by atoms with E-state index in [2.05, 4.69) is 48.4 Å². The molecule has 0 bridgehead atoms. The first-order valence-electron chi connectivity index (χ1n) is 7.38. The summed E-state index contributed by atoms with van der Waals surface area (Å²) in [6.45, 7) is 6.13. The van der Waals surface area contributed by atoms with E-state index in [4.69, 9.17) is 4.98 Å². The van der Waals surface area contributed by atoms with Crippen LogP contribution >= 0.6 is 0 Å². The Balaban J connectivity index is 2.18. The normalized spacial score (nSPS) is 11.1. The van der Waals surface area contributed by atoms with Gasteiger partial charge in [0.1, 0.15) is 5.65 Å². The summed E-state index contributed by atoms with van der Waals surface area (Å²) in [6.07, 6.45) is 1.91. The van der Waals surface area contributed by atoms with Crippen molar-refractivity contribution in [2.45, 2.75) is 6.92 Å². The molecule has 0 fully saturated rings. The van der Waals surface area contributed by atoms with Crippen LogP contribution in [0.25, 0.3) is 33.7 Å². The first kappa shape index (κ1) is 12.8. The van der Waals surface area contributed by atoms with E-state index in [1.54, 1.807) is 0 Å². The minimum Gasteiger partial charge on any atom is -0.294 e. The Morgan fingerprint density at radius 2 is 1.73 bits per heavy atom. The quantitative estimate of drug-likeness (QED) is 0.499. The van der Waals surface area contributed by atoms with Crippen LogP contribution in [0.5, 0.6) is 0 Å². The summed E-state index contributed by atoms with van der Waals surface area (Å²) in [5.41, 5.74) is 5.42. The molecule has 0 unspecified atom stereocenters. The second-order valence-electron chi connectivity index (χ2n) is 5.44. The molecule has 22 heavy (non-hydrogen) atoms. The van der Waals surface area contributed by atoms with Gasteiger partial charge in [0.2, 0.25) is 0 Å². The number of hydrogen-bond acceptors (Lipinski definition) is 1. The minimum absolute atomic E-state index is 0.984. The van der Waals surface area contributed by atoms with E-state index in [9.17, 15) is 0 Å². The van der Waals surface area contributed by atoms with Crippen LogP contribution in [0.15, 0.2) is 67.2 Å². The molecule has 0 amide bonds. The van der Waals surface area contributed by atoms with Crippen molar-refractivity contribution < 1.29 is 0 Å². The number of aryl methyl sites for hydroxylation is 1. The Kier molecular flexibility index (Phi) is 2.83. The Morgan fingerprint density at radius 1 is 1.00 bits per heavy atom. The highest BCUT2D eigenvalue weighted by atomic mass is 15.1. The van der Waals surface area contributed by atoms with E-state index < -0.39 is 0 Å². The Labute approximate surface area is 129 Å². The van der Waals surface area contributed by atoms with Crippen LogP contribution in [0.4, 0.5) is 0 Å². The van der Waals surface area contributed by atoms with E-state index in [-0.39, 0.29) is 0 Å². The zero-order chi connectivity index (χ0) is 15.1. The largest absolute Gasteiger partial charge is 0.294 e. The summed E-state index contributed by atoms with van der Waals surface area (Å²) >= 11 is 0. The van der Waals surface area contributed by atoms with Gasteiger partial charge in [-0.15, -0.1) is 0 Å². The van der Waals surface area contributed by atoms with Gasteiger partial charge >= 0.3 is 0 Å². The van der Waals surface area contributed by atoms with Gasteiger partial charge in [-0.25, -0.2) is 4.98 Å². The third-order valence-corrected chi connectivity index (χ3v) is 4.15. The lowest BCUT2D eigenvalue weighted by Crippen LogP contribution is -1.97. The fourth-order valence-electron chi connectivity index (χ4n) is 3.05. The molecule has 0 aliphatic rings. The summed E-state index contributed by atoms with van der Waals surface area (Å²) in [5, 5.41) is 2.34. The Morgan fingerprint density at radius 3 is 2.50 bits per heavy atom. The molecule has 2 aromatic heterocycles. The number of para-hydroxylation sites is 2. The van der Waals surface area contributed by atoms with Crippen molar-refractivity contribution in [3.05, 3.63) is 78.5 Å². The van der Waals surface area contributed by atoms with Gasteiger partial charge in [-0.05, 0) is 42.8 Å². The number of hydrogen-bond donors (Lipinski definition) is 0. The number of benzene rings is 2. The molecule has 0 spiro atoms. The molecule has 2 heterocycles. The number of aromatic nitrogens is 2. The maximum absolute atomic E-state index is 4.90. The number of pyridine rings is 1. The molecule has 2 aromatic carbocycles. The molecule has 106 valence electrons. The number of nitrogens with zero attached hydrogens (tertiary/aromatic N) is 2. The zero-order valence-corrected chi connectivity index (χ0v) is 12.5. The van der Waals surface area contributed by atoms with Gasteiger partial charge in [0.05, 0.1) is 11.2 Å². The van der Waals surface area contributed by atoms with Crippen molar-refractivity contribution in [3.8, 4) is 5.69 Å². The van der Waals surface area contributed by atoms with Crippen LogP contribution in [0, 0.1) is 6.92 Å². The molecule has 0 aliphatic heterocycles. The van der Waals surface area contributed by atoms with Crippen molar-refractivity contribution in [2.75, 3.05) is 0 Å². The van der Waals surface area contributed by atoms with Crippen molar-refractivity contribution in [1.29, 1.82) is 0 Å². The molecule has 0 saturated carbocycles. The highest BCUT2D eigenvalue weighted by Crippen LogP contribution is 2.30. The van der Waals surface area contributed by atoms with Gasteiger partial charge in [-0.3, -0.25) is 4.57 Å². The van der Waals surface area contributed by atoms with Gasteiger partial charge in [0.15, 0.2) is 0 Å². The third-order valence-electron chi connectivity index (χ3n) is 4.15. The minimum atomic E-state index is 0.984. The van der Waals surface area contributed by atoms with Crippen molar-refractivity contribution in [1.82, 2.24) is 9.55 Å². The maximum Gasteiger partial charge on any atom is 0.145 e. The molecule has 0 N–H and O–H groups in total. The topological polar surface area (TPSA) is 17.8 Å². The predicted molar refractivity (Wildman–Crippen MR) is 93.4 cm³/mol. The summed E-state index contributed by atoms with van der Waals surface area (Å²) in [6, 6.07) is 20.8. The van der Waals surface area contributed by atoms with Crippen LogP contribution in [0.2, 0.25) is 0 Å². The molecule has 2 nitrogen and oxygen atoms in total. The van der Waals surface area contributed by atoms with E-state index in [0.717, 1.165) is 22.5 Å². The summed E-state index contributed by atoms with van der Waals surface area (Å²) in [5.74, 6) is 0. The lowest BCUT2D eigenvalue weighted by Gasteiger charge is -2.08. The van der Waals surface area contributed by atoms with E-state index in [1.807, 2.05) is 36.4 Å². The molecule has 4 aromatic rings. The Bertz CT molecular complexity index is 995. The summed E-state index contributed by atoms with van der Waals surface area (Å²) < 4.78 is 2.18. The van der Waals surface area contributed by atoms with E-state index in [0.29, 0.717) is 0 Å². The standard InChI is InChI=1S/C20H16N2/c1-3-19-14(2)17-13-15-9-7-8-12-18(15)21-20(17)22(19)16-10-5-4-6-11-16/h3-13H,1H2,2H3. The summed E-state index contributed by atoms with van der Waals surface area (Å²) in [7, 11) is 0. The fourth-order valence-corrected chi connectivity index (χ4v) is 3.05. The molecular weight excluding hydrogens is 268 g/mol. The molecule has 0 atom stereocenters. The summed E-state index contributed by atoms with van der Waals surface area (Å²) in [4.78, 5) is 4.90. The average Bonchev–Trinajstić information content (AvgIpc) is 2.85. The van der Waals surface area contributed by atoms with Crippen molar-refractivity contribution in [3.63, 3.8) is 0 Å². The fraction of sp³-hybridized carbons (Fsp3) is 0.0500. The van der Waals surface area contributed by atoms with Gasteiger partial charge < -0.3 is 0 Å². The second-order valence-corrected chi connectivity index (χ2v) is 5.44. The molecule has 0 aliphatic carbocycles. The van der Waals surface area contributed by atoms with E-state index in [1.165, 1.54) is 16.3 Å². The first-order chi connectivity index (χ1) is 10.8. The van der Waals surface area contributed by atoms with Crippen LogP contribution < -0.4 is 0 Å². The zero-order valence-electron chi connectivity index (χ0n) is 12.5. The third kappa shape index (κ3) is 1.77. The number of rotatable bonds is 2. The van der Waals surface area contributed by atoms with Crippen LogP contribution in [-0.4, -0.2) is 9.55 Å².